The Balaban J connectivity index is 2.32. The molecule has 0 radical (unpaired) electrons. The molecule has 3 rings (SSSR count). The van der Waals surface area contributed by atoms with Crippen molar-refractivity contribution in [3.05, 3.63) is 45.3 Å². The molecule has 0 saturated heterocycles. The third-order valence-corrected chi connectivity index (χ3v) is 6.64. The molecular formula is C19H24ClN7O3S. The number of hydrogen-bond donors (Lipinski definition) is 2. The van der Waals surface area contributed by atoms with Gasteiger partial charge in [-0.3, -0.25) is 4.57 Å². The number of nitrogens with two attached hydrogens (primary N) is 1. The summed E-state index contributed by atoms with van der Waals surface area (Å²) < 4.78 is 22.8. The lowest BCUT2D eigenvalue weighted by molar-refractivity contribution is 0.210. The molecule has 10 nitrogen and oxygen atoms in total. The molecule has 3 N–H and O–H groups in total. The summed E-state index contributed by atoms with van der Waals surface area (Å²) in [4.78, 5) is 36.0. The topological polar surface area (TPSA) is 140 Å². The van der Waals surface area contributed by atoms with Crippen LogP contribution in [0.15, 0.2) is 34.2 Å². The standard InChI is InChI=1S/C19H24ClN7O3S/c1-4-10-25(3)18(28)27-14-15(21)23-17(31(22,30)5-2)24-16(14)26(19(27)29)11-12-6-8-13(20)9-7-12/h6-9,22H,4-5,10-11H2,1-3H3,(H2,21,23,24)/t31-/m1/s1. The fraction of sp³-hybridized carbons (Fsp3) is 0.368. The summed E-state index contributed by atoms with van der Waals surface area (Å²) in [6, 6.07) is 6.28. The van der Waals surface area contributed by atoms with Crippen LogP contribution in [0.1, 0.15) is 25.8 Å². The van der Waals surface area contributed by atoms with Crippen LogP contribution in [0.4, 0.5) is 10.6 Å². The van der Waals surface area contributed by atoms with Gasteiger partial charge in [-0.25, -0.2) is 28.1 Å². The number of hydrogen-bond acceptors (Lipinski definition) is 7. The number of aromatic nitrogens is 4. The summed E-state index contributed by atoms with van der Waals surface area (Å²) in [5.74, 6) is -0.197. The minimum atomic E-state index is -3.30. The zero-order valence-corrected chi connectivity index (χ0v) is 19.0. The van der Waals surface area contributed by atoms with Gasteiger partial charge in [0.15, 0.2) is 11.5 Å². The fourth-order valence-corrected chi connectivity index (χ4v) is 3.98. The van der Waals surface area contributed by atoms with Gasteiger partial charge in [-0.15, -0.1) is 0 Å². The largest absolute Gasteiger partial charge is 0.382 e. The number of rotatable bonds is 6. The SMILES string of the molecule is CCCN(C)C(=O)n1c(=O)n(Cc2ccc(Cl)cc2)c2nc([S@](=N)(=O)CC)nc(N)c21. The maximum absolute atomic E-state index is 13.3. The van der Waals surface area contributed by atoms with Gasteiger partial charge in [0.05, 0.1) is 6.54 Å². The van der Waals surface area contributed by atoms with Crippen LogP contribution in [0.5, 0.6) is 0 Å². The van der Waals surface area contributed by atoms with E-state index >= 15 is 0 Å². The highest BCUT2D eigenvalue weighted by atomic mass is 35.5. The van der Waals surface area contributed by atoms with Gasteiger partial charge in [-0.2, -0.15) is 4.98 Å². The Morgan fingerprint density at radius 1 is 1.26 bits per heavy atom. The van der Waals surface area contributed by atoms with Gasteiger partial charge in [-0.1, -0.05) is 37.6 Å². The van der Waals surface area contributed by atoms with Crippen molar-refractivity contribution in [3.8, 4) is 0 Å². The van der Waals surface area contributed by atoms with Crippen LogP contribution < -0.4 is 11.4 Å². The number of imidazole rings is 1. The molecule has 0 saturated carbocycles. The molecule has 0 aliphatic heterocycles. The van der Waals surface area contributed by atoms with Crippen LogP contribution in [-0.2, 0) is 16.3 Å². The first kappa shape index (κ1) is 22.8. The molecule has 0 unspecified atom stereocenters. The van der Waals surface area contributed by atoms with Crippen molar-refractivity contribution in [2.75, 3.05) is 25.1 Å². The molecule has 2 heterocycles. The highest BCUT2D eigenvalue weighted by Gasteiger charge is 2.27. The average Bonchev–Trinajstić information content (AvgIpc) is 3.01. The number of nitrogens with one attached hydrogen (secondary N) is 1. The summed E-state index contributed by atoms with van der Waals surface area (Å²) in [5, 5.41) is 0.275. The molecule has 0 fully saturated rings. The molecular weight excluding hydrogens is 442 g/mol. The third kappa shape index (κ3) is 4.28. The minimum absolute atomic E-state index is 0.0156. The van der Waals surface area contributed by atoms with Crippen molar-refractivity contribution < 1.29 is 9.00 Å². The van der Waals surface area contributed by atoms with Gasteiger partial charge in [0.25, 0.3) is 0 Å². The van der Waals surface area contributed by atoms with Gasteiger partial charge in [-0.05, 0) is 24.1 Å². The van der Waals surface area contributed by atoms with Gasteiger partial charge in [0.1, 0.15) is 15.2 Å². The van der Waals surface area contributed by atoms with Crippen LogP contribution in [0.2, 0.25) is 5.02 Å². The van der Waals surface area contributed by atoms with E-state index in [-0.39, 0.29) is 34.4 Å². The predicted octanol–water partition coefficient (Wildman–Crippen LogP) is 2.61. The molecule has 0 spiro atoms. The van der Waals surface area contributed by atoms with Crippen LogP contribution >= 0.6 is 11.6 Å². The van der Waals surface area contributed by atoms with E-state index in [1.54, 1.807) is 38.2 Å². The maximum Gasteiger partial charge on any atom is 0.339 e. The number of nitrogens with zero attached hydrogens (tertiary/aromatic N) is 5. The first-order valence-corrected chi connectivity index (χ1v) is 11.8. The highest BCUT2D eigenvalue weighted by Crippen LogP contribution is 2.22. The van der Waals surface area contributed by atoms with Gasteiger partial charge < -0.3 is 10.6 Å². The van der Waals surface area contributed by atoms with E-state index in [0.717, 1.165) is 10.1 Å². The minimum Gasteiger partial charge on any atom is -0.382 e. The Morgan fingerprint density at radius 3 is 2.48 bits per heavy atom. The number of benzene rings is 1. The van der Waals surface area contributed by atoms with Crippen molar-refractivity contribution in [2.45, 2.75) is 32.0 Å². The molecule has 1 atom stereocenters. The van der Waals surface area contributed by atoms with E-state index < -0.39 is 21.4 Å². The van der Waals surface area contributed by atoms with Gasteiger partial charge in [0.2, 0.25) is 5.16 Å². The molecule has 1 amide bonds. The zero-order chi connectivity index (χ0) is 22.9. The number of halogens is 1. The van der Waals surface area contributed by atoms with Gasteiger partial charge >= 0.3 is 11.7 Å². The lowest BCUT2D eigenvalue weighted by Gasteiger charge is -2.16. The lowest BCUT2D eigenvalue weighted by Crippen LogP contribution is -2.38. The molecule has 0 aliphatic carbocycles. The number of carbonyl (C=O) groups excluding carboxylic acids is 1. The molecule has 3 aromatic rings. The fourth-order valence-electron chi connectivity index (χ4n) is 3.12. The van der Waals surface area contributed by atoms with E-state index in [2.05, 4.69) is 9.97 Å². The summed E-state index contributed by atoms with van der Waals surface area (Å²) in [5.41, 5.74) is 6.26. The maximum atomic E-state index is 13.3. The number of anilines is 1. The van der Waals surface area contributed by atoms with E-state index in [1.165, 1.54) is 9.47 Å². The van der Waals surface area contributed by atoms with E-state index in [0.29, 0.717) is 18.0 Å². The Bertz CT molecular complexity index is 1300. The third-order valence-electron chi connectivity index (χ3n) is 4.81. The predicted molar refractivity (Wildman–Crippen MR) is 120 cm³/mol. The summed E-state index contributed by atoms with van der Waals surface area (Å²) in [6.45, 7) is 4.00. The molecule has 0 aliphatic rings. The quantitative estimate of drug-likeness (QED) is 0.536. The first-order chi connectivity index (χ1) is 14.6. The van der Waals surface area contributed by atoms with Crippen molar-refractivity contribution in [1.82, 2.24) is 24.0 Å². The Morgan fingerprint density at radius 2 is 1.90 bits per heavy atom. The Kier molecular flexibility index (Phi) is 6.37. The Hall–Kier alpha value is -2.92. The van der Waals surface area contributed by atoms with Crippen LogP contribution in [0, 0.1) is 4.78 Å². The number of nitrogen functional groups attached to an aromatic ring is 1. The smallest absolute Gasteiger partial charge is 0.339 e. The van der Waals surface area contributed by atoms with Gasteiger partial charge in [0, 0.05) is 24.4 Å². The second-order valence-corrected chi connectivity index (χ2v) is 9.79. The van der Waals surface area contributed by atoms with Crippen molar-refractivity contribution in [3.63, 3.8) is 0 Å². The van der Waals surface area contributed by atoms with E-state index in [9.17, 15) is 13.8 Å². The summed E-state index contributed by atoms with van der Waals surface area (Å²) >= 11 is 5.95. The molecule has 12 heteroatoms. The molecule has 166 valence electrons. The Labute approximate surface area is 184 Å². The summed E-state index contributed by atoms with van der Waals surface area (Å²) in [6.07, 6.45) is 0.702. The van der Waals surface area contributed by atoms with Crippen molar-refractivity contribution in [1.29, 1.82) is 4.78 Å². The van der Waals surface area contributed by atoms with Crippen molar-refractivity contribution in [2.24, 2.45) is 0 Å². The van der Waals surface area contributed by atoms with Crippen LogP contribution in [0.25, 0.3) is 11.2 Å². The number of carbonyl (C=O) groups is 1. The van der Waals surface area contributed by atoms with Crippen molar-refractivity contribution >= 4 is 44.3 Å². The normalized spacial score (nSPS) is 13.3. The molecule has 2 aromatic heterocycles. The second kappa shape index (κ2) is 8.67. The molecule has 31 heavy (non-hydrogen) atoms. The number of amides is 1. The van der Waals surface area contributed by atoms with E-state index in [1.807, 2.05) is 6.92 Å². The molecule has 0 bridgehead atoms. The lowest BCUT2D eigenvalue weighted by atomic mass is 10.2. The summed E-state index contributed by atoms with van der Waals surface area (Å²) in [7, 11) is -1.71. The monoisotopic (exact) mass is 465 g/mol. The average molecular weight is 466 g/mol. The van der Waals surface area contributed by atoms with Crippen LogP contribution in [0.3, 0.4) is 0 Å². The first-order valence-electron chi connectivity index (χ1n) is 9.65. The zero-order valence-electron chi connectivity index (χ0n) is 17.5. The molecule has 1 aromatic carbocycles. The van der Waals surface area contributed by atoms with Crippen LogP contribution in [-0.4, -0.2) is 53.6 Å². The highest BCUT2D eigenvalue weighted by molar-refractivity contribution is 7.92. The number of fused-ring (bicyclic) bond motifs is 1. The second-order valence-electron chi connectivity index (χ2n) is 7.06. The van der Waals surface area contributed by atoms with E-state index in [4.69, 9.17) is 22.1 Å².